The van der Waals surface area contributed by atoms with E-state index in [1.807, 2.05) is 31.2 Å². The van der Waals surface area contributed by atoms with Crippen LogP contribution in [-0.2, 0) is 0 Å². The van der Waals surface area contributed by atoms with Gasteiger partial charge < -0.3 is 4.52 Å². The number of nitrogens with zero attached hydrogens (tertiary/aromatic N) is 2. The Kier molecular flexibility index (Phi) is 3.71. The van der Waals surface area contributed by atoms with E-state index >= 15 is 0 Å². The van der Waals surface area contributed by atoms with Gasteiger partial charge in [-0.05, 0) is 31.3 Å². The number of hydrogen-bond donors (Lipinski definition) is 0. The second kappa shape index (κ2) is 4.83. The van der Waals surface area contributed by atoms with Gasteiger partial charge in [-0.15, -0.1) is 0 Å². The SMILES string of the molecule is C=N/[PH](=N\C)Oc1cccc(C)c1. The highest BCUT2D eigenvalue weighted by atomic mass is 31.1. The normalized spacial score (nSPS) is 12.5. The Morgan fingerprint density at radius 3 is 2.77 bits per heavy atom. The molecule has 0 aliphatic heterocycles. The van der Waals surface area contributed by atoms with Crippen molar-refractivity contribution in [3.05, 3.63) is 29.8 Å². The van der Waals surface area contributed by atoms with Crippen molar-refractivity contribution in [2.24, 2.45) is 9.51 Å². The van der Waals surface area contributed by atoms with Crippen molar-refractivity contribution in [1.29, 1.82) is 0 Å². The largest absolute Gasteiger partial charge is 0.444 e. The fraction of sp³-hybridized carbons (Fsp3) is 0.222. The van der Waals surface area contributed by atoms with Crippen LogP contribution in [0.2, 0.25) is 0 Å². The molecular formula is C9H13N2OP. The maximum Gasteiger partial charge on any atom is 0.233 e. The van der Waals surface area contributed by atoms with Crippen LogP contribution in [0.3, 0.4) is 0 Å². The lowest BCUT2D eigenvalue weighted by Crippen LogP contribution is -1.80. The van der Waals surface area contributed by atoms with E-state index in [0.717, 1.165) is 5.75 Å². The van der Waals surface area contributed by atoms with E-state index in [1.54, 1.807) is 7.05 Å². The molecule has 0 N–H and O–H groups in total. The lowest BCUT2D eigenvalue weighted by atomic mass is 10.2. The standard InChI is InChI=1S/C9H13N2OP/c1-8-5-4-6-9(7-8)12-13(10-2)11-3/h4-7,13H,2H2,1,3H3. The molecule has 1 atom stereocenters. The third kappa shape index (κ3) is 3.03. The average Bonchev–Trinajstić information content (AvgIpc) is 2.14. The average molecular weight is 196 g/mol. The Balaban J connectivity index is 2.79. The fourth-order valence-corrected chi connectivity index (χ4v) is 1.57. The van der Waals surface area contributed by atoms with Gasteiger partial charge in [-0.3, -0.25) is 4.74 Å². The summed E-state index contributed by atoms with van der Waals surface area (Å²) in [5.74, 6) is 0.812. The summed E-state index contributed by atoms with van der Waals surface area (Å²) >= 11 is 0. The van der Waals surface area contributed by atoms with Crippen molar-refractivity contribution in [1.82, 2.24) is 0 Å². The van der Waals surface area contributed by atoms with E-state index in [1.165, 1.54) is 5.56 Å². The van der Waals surface area contributed by atoms with Crippen molar-refractivity contribution in [2.75, 3.05) is 7.05 Å². The van der Waals surface area contributed by atoms with Crippen LogP contribution in [0.15, 0.2) is 33.8 Å². The maximum atomic E-state index is 5.50. The molecule has 0 radical (unpaired) electrons. The van der Waals surface area contributed by atoms with Crippen LogP contribution < -0.4 is 4.52 Å². The highest BCUT2D eigenvalue weighted by Gasteiger charge is 1.95. The zero-order chi connectivity index (χ0) is 9.68. The Morgan fingerprint density at radius 1 is 1.46 bits per heavy atom. The van der Waals surface area contributed by atoms with E-state index in [2.05, 4.69) is 16.2 Å². The number of hydrogen-bond acceptors (Lipinski definition) is 2. The first-order chi connectivity index (χ1) is 6.26. The minimum Gasteiger partial charge on any atom is -0.444 e. The number of rotatable bonds is 3. The van der Waals surface area contributed by atoms with Gasteiger partial charge in [0, 0.05) is 7.05 Å². The molecule has 70 valence electrons. The molecule has 13 heavy (non-hydrogen) atoms. The molecule has 1 aromatic carbocycles. The zero-order valence-corrected chi connectivity index (χ0v) is 8.82. The van der Waals surface area contributed by atoms with Gasteiger partial charge in [0.25, 0.3) is 0 Å². The molecule has 0 heterocycles. The van der Waals surface area contributed by atoms with Crippen LogP contribution in [0.1, 0.15) is 5.56 Å². The molecule has 0 saturated carbocycles. The van der Waals surface area contributed by atoms with E-state index in [4.69, 9.17) is 4.52 Å². The Hall–Kier alpha value is -1.08. The molecule has 3 nitrogen and oxygen atoms in total. The highest BCUT2D eigenvalue weighted by molar-refractivity contribution is 7.40. The molecule has 1 aromatic rings. The van der Waals surface area contributed by atoms with Crippen LogP contribution in [0.5, 0.6) is 5.75 Å². The van der Waals surface area contributed by atoms with Crippen LogP contribution in [0.4, 0.5) is 0 Å². The van der Waals surface area contributed by atoms with Crippen LogP contribution in [0.25, 0.3) is 0 Å². The zero-order valence-electron chi connectivity index (χ0n) is 7.82. The summed E-state index contributed by atoms with van der Waals surface area (Å²) in [7, 11) is 0.240. The first kappa shape index (κ1) is 10.0. The second-order valence-electron chi connectivity index (χ2n) is 2.58. The lowest BCUT2D eigenvalue weighted by Gasteiger charge is -2.05. The predicted octanol–water partition coefficient (Wildman–Crippen LogP) is 2.93. The van der Waals surface area contributed by atoms with Crippen LogP contribution in [0, 0.1) is 6.92 Å². The first-order valence-electron chi connectivity index (χ1n) is 3.94. The molecular weight excluding hydrogens is 183 g/mol. The van der Waals surface area contributed by atoms with Crippen molar-refractivity contribution in [2.45, 2.75) is 6.92 Å². The summed E-state index contributed by atoms with van der Waals surface area (Å²) in [4.78, 5) is 0. The molecule has 1 rings (SSSR count). The van der Waals surface area contributed by atoms with Gasteiger partial charge in [0.15, 0.2) is 0 Å². The van der Waals surface area contributed by atoms with Gasteiger partial charge in [-0.2, -0.15) is 0 Å². The smallest absolute Gasteiger partial charge is 0.233 e. The van der Waals surface area contributed by atoms with Gasteiger partial charge in [0.2, 0.25) is 8.09 Å². The highest BCUT2D eigenvalue weighted by Crippen LogP contribution is 2.30. The number of aryl methyl sites for hydroxylation is 1. The van der Waals surface area contributed by atoms with E-state index < -0.39 is 8.09 Å². The summed E-state index contributed by atoms with van der Waals surface area (Å²) in [6, 6.07) is 7.82. The summed E-state index contributed by atoms with van der Waals surface area (Å²) in [5, 5.41) is 0. The van der Waals surface area contributed by atoms with E-state index in [9.17, 15) is 0 Å². The van der Waals surface area contributed by atoms with E-state index in [0.29, 0.717) is 0 Å². The van der Waals surface area contributed by atoms with Crippen LogP contribution >= 0.6 is 8.09 Å². The summed E-state index contributed by atoms with van der Waals surface area (Å²) in [6.45, 7) is 5.44. The Labute approximate surface area is 79.1 Å². The van der Waals surface area contributed by atoms with Crippen molar-refractivity contribution >= 4 is 14.8 Å². The van der Waals surface area contributed by atoms with Crippen molar-refractivity contribution in [3.8, 4) is 5.75 Å². The molecule has 0 fully saturated rings. The monoisotopic (exact) mass is 196 g/mol. The van der Waals surface area contributed by atoms with Gasteiger partial charge in [0.05, 0.1) is 0 Å². The lowest BCUT2D eigenvalue weighted by molar-refractivity contribution is 0.622. The van der Waals surface area contributed by atoms with E-state index in [-0.39, 0.29) is 0 Å². The quantitative estimate of drug-likeness (QED) is 0.540. The molecule has 0 amide bonds. The minimum atomic E-state index is -1.45. The van der Waals surface area contributed by atoms with Gasteiger partial charge in [0.1, 0.15) is 5.75 Å². The summed E-state index contributed by atoms with van der Waals surface area (Å²) in [5.41, 5.74) is 1.17. The van der Waals surface area contributed by atoms with Crippen molar-refractivity contribution < 1.29 is 4.52 Å². The predicted molar refractivity (Wildman–Crippen MR) is 58.0 cm³/mol. The first-order valence-corrected chi connectivity index (χ1v) is 5.24. The van der Waals surface area contributed by atoms with Crippen LogP contribution in [-0.4, -0.2) is 13.8 Å². The molecule has 0 aliphatic rings. The summed E-state index contributed by atoms with van der Waals surface area (Å²) < 4.78 is 13.3. The molecule has 0 aromatic heterocycles. The third-order valence-electron chi connectivity index (χ3n) is 1.53. The van der Waals surface area contributed by atoms with Crippen molar-refractivity contribution in [3.63, 3.8) is 0 Å². The molecule has 0 bridgehead atoms. The third-order valence-corrected chi connectivity index (χ3v) is 2.60. The summed E-state index contributed by atoms with van der Waals surface area (Å²) in [6.07, 6.45) is 0. The minimum absolute atomic E-state index is 0.812. The van der Waals surface area contributed by atoms with Gasteiger partial charge in [-0.1, -0.05) is 12.1 Å². The van der Waals surface area contributed by atoms with Gasteiger partial charge >= 0.3 is 0 Å². The van der Waals surface area contributed by atoms with Gasteiger partial charge in [-0.25, -0.2) is 4.76 Å². The maximum absolute atomic E-state index is 5.50. The Morgan fingerprint density at radius 2 is 2.23 bits per heavy atom. The second-order valence-corrected chi connectivity index (χ2v) is 4.12. The molecule has 0 spiro atoms. The molecule has 4 heteroatoms. The topological polar surface area (TPSA) is 34.0 Å². The molecule has 0 saturated heterocycles. The Bertz CT molecular complexity index is 336. The molecule has 1 unspecified atom stereocenters. The number of benzene rings is 1. The molecule has 0 aliphatic carbocycles. The fourth-order valence-electron chi connectivity index (χ4n) is 0.933.